The Kier molecular flexibility index (Phi) is 12.5. The minimum absolute atomic E-state index is 0.108. The van der Waals surface area contributed by atoms with E-state index in [-0.39, 0.29) is 24.7 Å². The normalized spacial score (nSPS) is 16.0. The highest BCUT2D eigenvalue weighted by Gasteiger charge is 2.32. The van der Waals surface area contributed by atoms with Crippen molar-refractivity contribution in [1.29, 1.82) is 0 Å². The van der Waals surface area contributed by atoms with Crippen LogP contribution in [0.3, 0.4) is 0 Å². The van der Waals surface area contributed by atoms with Gasteiger partial charge in [0.1, 0.15) is 24.4 Å². The number of carbonyl (C=O) groups excluding carboxylic acids is 5. The summed E-state index contributed by atoms with van der Waals surface area (Å²) in [6, 6.07) is -4.12. The number of nitrogens with one attached hydrogen (secondary N) is 3. The third-order valence-corrected chi connectivity index (χ3v) is 4.81. The lowest BCUT2D eigenvalue weighted by atomic mass is 9.96. The summed E-state index contributed by atoms with van der Waals surface area (Å²) in [5.41, 5.74) is 10.6. The minimum atomic E-state index is -1.25. The molecule has 0 rings (SSSR count). The second-order valence-electron chi connectivity index (χ2n) is 7.64. The minimum Gasteiger partial charge on any atom is -0.394 e. The van der Waals surface area contributed by atoms with E-state index < -0.39 is 54.4 Å². The fraction of sp³-hybridized carbons (Fsp3) is 0.737. The van der Waals surface area contributed by atoms with Crippen molar-refractivity contribution in [3.05, 3.63) is 0 Å². The van der Waals surface area contributed by atoms with E-state index in [1.165, 1.54) is 0 Å². The molecule has 0 aromatic heterocycles. The first-order valence-electron chi connectivity index (χ1n) is 9.99. The van der Waals surface area contributed by atoms with E-state index in [0.717, 1.165) is 0 Å². The lowest BCUT2D eigenvalue weighted by Crippen LogP contribution is -2.58. The van der Waals surface area contributed by atoms with Crippen LogP contribution in [0.25, 0.3) is 0 Å². The van der Waals surface area contributed by atoms with E-state index in [1.54, 1.807) is 20.8 Å². The number of hydrogen-bond donors (Lipinski definition) is 6. The molecular weight excluding hydrogens is 394 g/mol. The summed E-state index contributed by atoms with van der Waals surface area (Å²) in [6.07, 6.45) is 0.889. The molecule has 11 nitrogen and oxygen atoms in total. The van der Waals surface area contributed by atoms with Gasteiger partial charge in [-0.2, -0.15) is 0 Å². The highest BCUT2D eigenvalue weighted by molar-refractivity contribution is 5.94. The maximum atomic E-state index is 12.8. The number of rotatable bonds is 14. The fourth-order valence-corrected chi connectivity index (χ4v) is 2.48. The number of primary amides is 1. The zero-order chi connectivity index (χ0) is 23.4. The van der Waals surface area contributed by atoms with E-state index in [4.69, 9.17) is 16.6 Å². The Balaban J connectivity index is 5.48. The largest absolute Gasteiger partial charge is 0.394 e. The Morgan fingerprint density at radius 1 is 1.00 bits per heavy atom. The third-order valence-electron chi connectivity index (χ3n) is 4.81. The molecule has 11 heteroatoms. The summed E-state index contributed by atoms with van der Waals surface area (Å²) in [6.45, 7) is 6.51. The average molecular weight is 430 g/mol. The smallest absolute Gasteiger partial charge is 0.243 e. The quantitative estimate of drug-likeness (QED) is 0.171. The van der Waals surface area contributed by atoms with Crippen LogP contribution in [0.1, 0.15) is 47.0 Å². The first kappa shape index (κ1) is 27.5. The van der Waals surface area contributed by atoms with Crippen LogP contribution in [0.2, 0.25) is 0 Å². The highest BCUT2D eigenvalue weighted by Crippen LogP contribution is 2.11. The van der Waals surface area contributed by atoms with Crippen molar-refractivity contribution in [2.45, 2.75) is 71.1 Å². The molecule has 0 radical (unpaired) electrons. The van der Waals surface area contributed by atoms with E-state index in [9.17, 15) is 24.0 Å². The molecule has 0 bridgehead atoms. The summed E-state index contributed by atoms with van der Waals surface area (Å²) in [5.74, 6) is -3.11. The zero-order valence-corrected chi connectivity index (χ0v) is 18.0. The molecule has 0 heterocycles. The van der Waals surface area contributed by atoms with Gasteiger partial charge < -0.3 is 37.3 Å². The molecular formula is C19H35N5O6. The number of nitrogens with two attached hydrogens (primary N) is 2. The Bertz CT molecular complexity index is 612. The van der Waals surface area contributed by atoms with Crippen LogP contribution < -0.4 is 27.4 Å². The Hall–Kier alpha value is -2.53. The van der Waals surface area contributed by atoms with Crippen LogP contribution >= 0.6 is 0 Å². The Morgan fingerprint density at radius 2 is 1.60 bits per heavy atom. The van der Waals surface area contributed by atoms with Crippen molar-refractivity contribution in [2.75, 3.05) is 6.61 Å². The topological polar surface area (TPSA) is 194 Å². The second-order valence-corrected chi connectivity index (χ2v) is 7.64. The van der Waals surface area contributed by atoms with Crippen LogP contribution in [0.5, 0.6) is 0 Å². The standard InChI is InChI=1S/C19H35N5O6/c1-5-11(4)16(19(30)23-14(9-26)10(2)3)24-18(29)13(6-7-15(21)27)22-17(28)12(20)8-25/h9-14,16,25H,5-8,20H2,1-4H3,(H2,21,27)(H,22,28)(H,23,30)(H,24,29)/t11-,12-,13-,14+,16-/m0/s1. The van der Waals surface area contributed by atoms with Gasteiger partial charge in [0.05, 0.1) is 12.6 Å². The molecule has 0 aliphatic rings. The molecule has 0 unspecified atom stereocenters. The van der Waals surface area contributed by atoms with Gasteiger partial charge in [-0.1, -0.05) is 34.1 Å². The molecule has 30 heavy (non-hydrogen) atoms. The van der Waals surface area contributed by atoms with Gasteiger partial charge in [0.25, 0.3) is 0 Å². The monoisotopic (exact) mass is 429 g/mol. The van der Waals surface area contributed by atoms with Crippen molar-refractivity contribution in [3.8, 4) is 0 Å². The number of aliphatic hydroxyl groups excluding tert-OH is 1. The number of amides is 4. The second kappa shape index (κ2) is 13.6. The predicted octanol–water partition coefficient (Wildman–Crippen LogP) is -2.07. The van der Waals surface area contributed by atoms with Crippen molar-refractivity contribution in [2.24, 2.45) is 23.3 Å². The van der Waals surface area contributed by atoms with Gasteiger partial charge in [-0.05, 0) is 18.3 Å². The van der Waals surface area contributed by atoms with Gasteiger partial charge in [-0.25, -0.2) is 0 Å². The summed E-state index contributed by atoms with van der Waals surface area (Å²) in [5, 5.41) is 16.6. The maximum Gasteiger partial charge on any atom is 0.243 e. The molecule has 0 fully saturated rings. The third kappa shape index (κ3) is 9.31. The van der Waals surface area contributed by atoms with Gasteiger partial charge in [-0.15, -0.1) is 0 Å². The predicted molar refractivity (Wildman–Crippen MR) is 110 cm³/mol. The van der Waals surface area contributed by atoms with Gasteiger partial charge in [0.15, 0.2) is 0 Å². The summed E-state index contributed by atoms with van der Waals surface area (Å²) >= 11 is 0. The number of carbonyl (C=O) groups is 5. The molecule has 172 valence electrons. The SMILES string of the molecule is CC[C@H](C)[C@H](NC(=O)[C@H](CCC(N)=O)NC(=O)[C@@H](N)CO)C(=O)N[C@H](C=O)C(C)C. The fourth-order valence-electron chi connectivity index (χ4n) is 2.48. The average Bonchev–Trinajstić information content (AvgIpc) is 2.70. The van der Waals surface area contributed by atoms with Gasteiger partial charge in [0, 0.05) is 6.42 Å². The van der Waals surface area contributed by atoms with Gasteiger partial charge in [-0.3, -0.25) is 19.2 Å². The van der Waals surface area contributed by atoms with Gasteiger partial charge in [0.2, 0.25) is 23.6 Å². The highest BCUT2D eigenvalue weighted by atomic mass is 16.3. The summed E-state index contributed by atoms with van der Waals surface area (Å²) in [7, 11) is 0. The molecule has 8 N–H and O–H groups in total. The first-order valence-corrected chi connectivity index (χ1v) is 9.99. The maximum absolute atomic E-state index is 12.8. The van der Waals surface area contributed by atoms with Crippen LogP contribution in [0.4, 0.5) is 0 Å². The number of aliphatic hydroxyl groups is 1. The number of hydrogen-bond acceptors (Lipinski definition) is 7. The van der Waals surface area contributed by atoms with Crippen LogP contribution in [0, 0.1) is 11.8 Å². The molecule has 4 amide bonds. The van der Waals surface area contributed by atoms with Crippen molar-refractivity contribution < 1.29 is 29.1 Å². The van der Waals surface area contributed by atoms with E-state index >= 15 is 0 Å². The molecule has 0 aliphatic heterocycles. The van der Waals surface area contributed by atoms with Crippen LogP contribution in [-0.4, -0.2) is 65.8 Å². The number of aldehydes is 1. The molecule has 0 saturated heterocycles. The first-order chi connectivity index (χ1) is 14.0. The van der Waals surface area contributed by atoms with E-state index in [0.29, 0.717) is 12.7 Å². The lowest BCUT2D eigenvalue weighted by Gasteiger charge is -2.28. The Labute approximate surface area is 176 Å². The molecule has 0 aromatic rings. The van der Waals surface area contributed by atoms with Crippen LogP contribution in [-0.2, 0) is 24.0 Å². The molecule has 5 atom stereocenters. The molecule has 0 saturated carbocycles. The molecule has 0 spiro atoms. The van der Waals surface area contributed by atoms with E-state index in [2.05, 4.69) is 16.0 Å². The summed E-state index contributed by atoms with van der Waals surface area (Å²) < 4.78 is 0. The zero-order valence-electron chi connectivity index (χ0n) is 18.0. The molecule has 0 aliphatic carbocycles. The van der Waals surface area contributed by atoms with Crippen molar-refractivity contribution in [1.82, 2.24) is 16.0 Å². The van der Waals surface area contributed by atoms with Crippen molar-refractivity contribution in [3.63, 3.8) is 0 Å². The van der Waals surface area contributed by atoms with E-state index in [1.807, 2.05) is 6.92 Å². The van der Waals surface area contributed by atoms with Gasteiger partial charge >= 0.3 is 0 Å². The summed E-state index contributed by atoms with van der Waals surface area (Å²) in [4.78, 5) is 59.8. The lowest BCUT2D eigenvalue weighted by molar-refractivity contribution is -0.134. The Morgan fingerprint density at radius 3 is 2.03 bits per heavy atom. The van der Waals surface area contributed by atoms with Crippen molar-refractivity contribution >= 4 is 29.9 Å². The molecule has 0 aromatic carbocycles. The van der Waals surface area contributed by atoms with Crippen LogP contribution in [0.15, 0.2) is 0 Å².